The van der Waals surface area contributed by atoms with E-state index in [9.17, 15) is 13.0 Å². The summed E-state index contributed by atoms with van der Waals surface area (Å²) in [6, 6.07) is 6.47. The van der Waals surface area contributed by atoms with Crippen LogP contribution in [-0.2, 0) is 23.0 Å². The summed E-state index contributed by atoms with van der Waals surface area (Å²) in [7, 11) is -4.20. The standard InChI is InChI=1S/C22H38O4S.Na/c1-4-6-8-10-12-20-14-15-21(13-11-9-7-5-2)22(18-20)26-19(3)16-17-27(23,24)25;/h14-15,18-19H,4-13,16-17H2,1-3H3,(H,23,24,25);/q;+1/p-1. The Bertz CT molecular complexity index is 631. The molecule has 6 heteroatoms. The third-order valence-electron chi connectivity index (χ3n) is 4.85. The molecule has 1 atom stereocenters. The summed E-state index contributed by atoms with van der Waals surface area (Å²) in [4.78, 5) is 0. The molecule has 0 radical (unpaired) electrons. The first kappa shape index (κ1) is 27.9. The maximum Gasteiger partial charge on any atom is 1.00 e. The monoisotopic (exact) mass is 420 g/mol. The van der Waals surface area contributed by atoms with Gasteiger partial charge in [0.25, 0.3) is 0 Å². The van der Waals surface area contributed by atoms with E-state index in [1.807, 2.05) is 6.92 Å². The third kappa shape index (κ3) is 13.2. The van der Waals surface area contributed by atoms with Crippen LogP contribution >= 0.6 is 0 Å². The van der Waals surface area contributed by atoms with E-state index >= 15 is 0 Å². The van der Waals surface area contributed by atoms with Gasteiger partial charge in [0.1, 0.15) is 5.75 Å². The molecular formula is C22H37NaO4S. The Labute approximate surface area is 194 Å². The van der Waals surface area contributed by atoms with Crippen LogP contribution in [0, 0.1) is 0 Å². The first-order valence-corrected chi connectivity index (χ1v) is 12.2. The fraction of sp³-hybridized carbons (Fsp3) is 0.727. The molecule has 1 aromatic carbocycles. The van der Waals surface area contributed by atoms with Crippen molar-refractivity contribution < 1.29 is 47.3 Å². The van der Waals surface area contributed by atoms with E-state index in [1.165, 1.54) is 56.1 Å². The van der Waals surface area contributed by atoms with Crippen molar-refractivity contribution in [2.24, 2.45) is 0 Å². The van der Waals surface area contributed by atoms with Gasteiger partial charge in [-0.05, 0) is 56.2 Å². The average molecular weight is 421 g/mol. The van der Waals surface area contributed by atoms with E-state index in [-0.39, 0.29) is 47.8 Å². The van der Waals surface area contributed by atoms with Crippen LogP contribution in [0.25, 0.3) is 0 Å². The van der Waals surface area contributed by atoms with Crippen LogP contribution in [0.15, 0.2) is 18.2 Å². The second-order valence-corrected chi connectivity index (χ2v) is 9.07. The zero-order valence-electron chi connectivity index (χ0n) is 18.3. The van der Waals surface area contributed by atoms with E-state index in [0.29, 0.717) is 0 Å². The Morgan fingerprint density at radius 1 is 0.964 bits per heavy atom. The van der Waals surface area contributed by atoms with Crippen molar-refractivity contribution in [2.75, 3.05) is 5.75 Å². The molecule has 0 aliphatic heterocycles. The fourth-order valence-electron chi connectivity index (χ4n) is 3.15. The Hall–Kier alpha value is -0.0700. The van der Waals surface area contributed by atoms with Crippen LogP contribution in [0.5, 0.6) is 5.75 Å². The molecule has 0 fully saturated rings. The van der Waals surface area contributed by atoms with Gasteiger partial charge in [0.05, 0.1) is 16.2 Å². The van der Waals surface area contributed by atoms with Gasteiger partial charge in [-0.3, -0.25) is 0 Å². The Balaban J connectivity index is 0.00000729. The summed E-state index contributed by atoms with van der Waals surface area (Å²) in [6.07, 6.45) is 11.6. The quantitative estimate of drug-likeness (QED) is 0.249. The molecule has 28 heavy (non-hydrogen) atoms. The van der Waals surface area contributed by atoms with Crippen molar-refractivity contribution in [2.45, 2.75) is 97.5 Å². The largest absolute Gasteiger partial charge is 1.00 e. The zero-order valence-corrected chi connectivity index (χ0v) is 21.2. The smallest absolute Gasteiger partial charge is 0.748 e. The third-order valence-corrected chi connectivity index (χ3v) is 5.59. The number of hydrogen-bond acceptors (Lipinski definition) is 4. The molecule has 0 aliphatic rings. The number of hydrogen-bond donors (Lipinski definition) is 0. The number of aryl methyl sites for hydroxylation is 2. The molecule has 0 N–H and O–H groups in total. The Kier molecular flexibility index (Phi) is 15.7. The molecule has 0 aliphatic carbocycles. The minimum Gasteiger partial charge on any atom is -0.748 e. The predicted octanol–water partition coefficient (Wildman–Crippen LogP) is 2.64. The molecule has 1 rings (SSSR count). The SMILES string of the molecule is CCCCCCc1ccc(CCCCCC)c(OC(C)CCS(=O)(=O)[O-])c1.[Na+]. The van der Waals surface area contributed by atoms with Crippen molar-refractivity contribution >= 4 is 10.1 Å². The van der Waals surface area contributed by atoms with E-state index in [0.717, 1.165) is 25.0 Å². The van der Waals surface area contributed by atoms with Crippen LogP contribution in [-0.4, -0.2) is 24.8 Å². The summed E-state index contributed by atoms with van der Waals surface area (Å²) in [5.41, 5.74) is 2.45. The molecule has 4 nitrogen and oxygen atoms in total. The second kappa shape index (κ2) is 15.7. The number of ether oxygens (including phenoxy) is 1. The van der Waals surface area contributed by atoms with Crippen molar-refractivity contribution in [1.82, 2.24) is 0 Å². The number of rotatable bonds is 15. The summed E-state index contributed by atoms with van der Waals surface area (Å²) < 4.78 is 38.7. The Morgan fingerprint density at radius 3 is 2.14 bits per heavy atom. The molecule has 156 valence electrons. The van der Waals surface area contributed by atoms with Crippen LogP contribution in [0.2, 0.25) is 0 Å². The molecule has 0 amide bonds. The minimum absolute atomic E-state index is 0. The Morgan fingerprint density at radius 2 is 1.57 bits per heavy atom. The van der Waals surface area contributed by atoms with Crippen LogP contribution < -0.4 is 34.3 Å². The first-order chi connectivity index (χ1) is 12.9. The van der Waals surface area contributed by atoms with Crippen molar-refractivity contribution in [1.29, 1.82) is 0 Å². The number of benzene rings is 1. The van der Waals surface area contributed by atoms with Crippen LogP contribution in [0.3, 0.4) is 0 Å². The summed E-state index contributed by atoms with van der Waals surface area (Å²) in [5.74, 6) is 0.478. The topological polar surface area (TPSA) is 66.4 Å². The van der Waals surface area contributed by atoms with Gasteiger partial charge in [0, 0.05) is 5.75 Å². The van der Waals surface area contributed by atoms with E-state index in [4.69, 9.17) is 4.74 Å². The van der Waals surface area contributed by atoms with E-state index in [1.54, 1.807) is 0 Å². The summed E-state index contributed by atoms with van der Waals surface area (Å²) >= 11 is 0. The average Bonchev–Trinajstić information content (AvgIpc) is 2.61. The number of unbranched alkanes of at least 4 members (excludes halogenated alkanes) is 6. The van der Waals surface area contributed by atoms with Crippen LogP contribution in [0.1, 0.15) is 89.7 Å². The van der Waals surface area contributed by atoms with Crippen LogP contribution in [0.4, 0.5) is 0 Å². The maximum absolute atomic E-state index is 10.9. The molecule has 0 bridgehead atoms. The molecule has 0 aromatic heterocycles. The molecule has 1 aromatic rings. The van der Waals surface area contributed by atoms with Gasteiger partial charge in [0.2, 0.25) is 0 Å². The fourth-order valence-corrected chi connectivity index (χ4v) is 3.78. The molecule has 0 heterocycles. The summed E-state index contributed by atoms with van der Waals surface area (Å²) in [6.45, 7) is 6.25. The second-order valence-electron chi connectivity index (χ2n) is 7.54. The van der Waals surface area contributed by atoms with Crippen molar-refractivity contribution in [3.05, 3.63) is 29.3 Å². The van der Waals surface area contributed by atoms with E-state index in [2.05, 4.69) is 32.0 Å². The minimum atomic E-state index is -4.20. The zero-order chi connectivity index (χ0) is 20.1. The molecule has 1 unspecified atom stereocenters. The van der Waals surface area contributed by atoms with Gasteiger partial charge in [-0.1, -0.05) is 64.5 Å². The predicted molar refractivity (Wildman–Crippen MR) is 111 cm³/mol. The van der Waals surface area contributed by atoms with Crippen molar-refractivity contribution in [3.63, 3.8) is 0 Å². The molecular weight excluding hydrogens is 383 g/mol. The summed E-state index contributed by atoms with van der Waals surface area (Å²) in [5, 5.41) is 0. The van der Waals surface area contributed by atoms with Gasteiger partial charge in [-0.2, -0.15) is 0 Å². The van der Waals surface area contributed by atoms with Gasteiger partial charge >= 0.3 is 29.6 Å². The van der Waals surface area contributed by atoms with Gasteiger partial charge in [0.15, 0.2) is 0 Å². The van der Waals surface area contributed by atoms with E-state index < -0.39 is 10.1 Å². The van der Waals surface area contributed by atoms with Crippen molar-refractivity contribution in [3.8, 4) is 5.75 Å². The van der Waals surface area contributed by atoms with Gasteiger partial charge < -0.3 is 9.29 Å². The molecule has 0 spiro atoms. The normalized spacial score (nSPS) is 12.4. The first-order valence-electron chi connectivity index (χ1n) is 10.6. The molecule has 0 saturated carbocycles. The van der Waals surface area contributed by atoms with Gasteiger partial charge in [-0.25, -0.2) is 8.42 Å². The maximum atomic E-state index is 10.9. The molecule has 0 saturated heterocycles. The van der Waals surface area contributed by atoms with Gasteiger partial charge in [-0.15, -0.1) is 0 Å².